The molecule has 6 heteroatoms. The number of nitrogens with one attached hydrogen (secondary N) is 1. The molecule has 146 valence electrons. The molecule has 0 radical (unpaired) electrons. The molecular formula is C22H26N4OS. The first-order chi connectivity index (χ1) is 13.6. The number of amides is 1. The molecule has 3 aromatic rings. The molecule has 0 spiro atoms. The fourth-order valence-corrected chi connectivity index (χ4v) is 3.83. The topological polar surface area (TPSA) is 59.8 Å². The summed E-state index contributed by atoms with van der Waals surface area (Å²) in [6.07, 6.45) is 1.33. The number of benzene rings is 2. The van der Waals surface area contributed by atoms with Crippen molar-refractivity contribution in [2.45, 2.75) is 50.6 Å². The van der Waals surface area contributed by atoms with Gasteiger partial charge in [0.1, 0.15) is 0 Å². The number of carbonyl (C=O) groups is 1. The molecule has 0 aliphatic heterocycles. The smallest absolute Gasteiger partial charge is 0.220 e. The highest BCUT2D eigenvalue weighted by Crippen LogP contribution is 2.27. The molecule has 1 heterocycles. The van der Waals surface area contributed by atoms with E-state index in [0.717, 1.165) is 28.8 Å². The number of carbonyl (C=O) groups excluding carboxylic acids is 1. The largest absolute Gasteiger partial charge is 0.346 e. The van der Waals surface area contributed by atoms with Gasteiger partial charge in [0.05, 0.1) is 6.04 Å². The Morgan fingerprint density at radius 3 is 2.50 bits per heavy atom. The van der Waals surface area contributed by atoms with Crippen LogP contribution in [0.2, 0.25) is 0 Å². The minimum absolute atomic E-state index is 0.0342. The van der Waals surface area contributed by atoms with Crippen molar-refractivity contribution in [1.82, 2.24) is 20.1 Å². The summed E-state index contributed by atoms with van der Waals surface area (Å²) in [4.78, 5) is 12.1. The zero-order valence-electron chi connectivity index (χ0n) is 16.6. The highest BCUT2D eigenvalue weighted by Gasteiger charge is 2.20. The molecule has 0 unspecified atom stereocenters. The molecule has 0 fully saturated rings. The fraction of sp³-hybridized carbons (Fsp3) is 0.318. The minimum Gasteiger partial charge on any atom is -0.346 e. The number of thioether (sulfide) groups is 1. The summed E-state index contributed by atoms with van der Waals surface area (Å²) in [6.45, 7) is 6.01. The third-order valence-electron chi connectivity index (χ3n) is 4.40. The van der Waals surface area contributed by atoms with Gasteiger partial charge in [-0.1, -0.05) is 66.7 Å². The lowest BCUT2D eigenvalue weighted by Gasteiger charge is -2.16. The van der Waals surface area contributed by atoms with Crippen LogP contribution in [0.4, 0.5) is 0 Å². The van der Waals surface area contributed by atoms with Crippen LogP contribution in [0.15, 0.2) is 59.8 Å². The van der Waals surface area contributed by atoms with Crippen molar-refractivity contribution < 1.29 is 4.79 Å². The zero-order chi connectivity index (χ0) is 19.9. The van der Waals surface area contributed by atoms with Crippen molar-refractivity contribution in [2.24, 2.45) is 0 Å². The molecular weight excluding hydrogens is 368 g/mol. The number of hydrogen-bond acceptors (Lipinski definition) is 4. The van der Waals surface area contributed by atoms with Crippen molar-refractivity contribution in [2.75, 3.05) is 0 Å². The van der Waals surface area contributed by atoms with Crippen LogP contribution < -0.4 is 5.32 Å². The summed E-state index contributed by atoms with van der Waals surface area (Å²) < 4.78 is 2.05. The van der Waals surface area contributed by atoms with Crippen LogP contribution in [0.5, 0.6) is 0 Å². The van der Waals surface area contributed by atoms with Gasteiger partial charge in [-0.05, 0) is 38.0 Å². The van der Waals surface area contributed by atoms with Crippen LogP contribution in [0, 0.1) is 6.92 Å². The van der Waals surface area contributed by atoms with Crippen molar-refractivity contribution in [3.63, 3.8) is 0 Å². The number of hydrogen-bond donors (Lipinski definition) is 1. The molecule has 0 saturated carbocycles. The SMILES string of the molecule is CCCC(=O)N[C@H](C)c1nnc(SCc2ccccc2)n1-c1ccc(C)cc1. The van der Waals surface area contributed by atoms with E-state index in [1.165, 1.54) is 11.1 Å². The highest BCUT2D eigenvalue weighted by atomic mass is 32.2. The average Bonchev–Trinajstić information content (AvgIpc) is 3.12. The van der Waals surface area contributed by atoms with Gasteiger partial charge in [0.25, 0.3) is 0 Å². The van der Waals surface area contributed by atoms with E-state index >= 15 is 0 Å². The summed E-state index contributed by atoms with van der Waals surface area (Å²) in [7, 11) is 0. The minimum atomic E-state index is -0.223. The number of nitrogens with zero attached hydrogens (tertiary/aromatic N) is 3. The second-order valence-corrected chi connectivity index (χ2v) is 7.77. The first-order valence-electron chi connectivity index (χ1n) is 9.57. The maximum Gasteiger partial charge on any atom is 0.220 e. The molecule has 1 N–H and O–H groups in total. The van der Waals surface area contributed by atoms with E-state index in [0.29, 0.717) is 6.42 Å². The van der Waals surface area contributed by atoms with Crippen molar-refractivity contribution >= 4 is 17.7 Å². The van der Waals surface area contributed by atoms with E-state index in [1.807, 2.05) is 36.6 Å². The molecule has 1 atom stereocenters. The van der Waals surface area contributed by atoms with Crippen molar-refractivity contribution in [3.05, 3.63) is 71.5 Å². The molecule has 0 saturated heterocycles. The lowest BCUT2D eigenvalue weighted by Crippen LogP contribution is -2.28. The second-order valence-electron chi connectivity index (χ2n) is 6.83. The number of aromatic nitrogens is 3. The van der Waals surface area contributed by atoms with E-state index in [9.17, 15) is 4.79 Å². The van der Waals surface area contributed by atoms with Crippen LogP contribution >= 0.6 is 11.8 Å². The second kappa shape index (κ2) is 9.55. The Hall–Kier alpha value is -2.60. The van der Waals surface area contributed by atoms with Crippen molar-refractivity contribution in [3.8, 4) is 5.69 Å². The molecule has 1 aromatic heterocycles. The zero-order valence-corrected chi connectivity index (χ0v) is 17.4. The van der Waals surface area contributed by atoms with E-state index in [2.05, 4.69) is 58.8 Å². The van der Waals surface area contributed by atoms with E-state index in [-0.39, 0.29) is 11.9 Å². The fourth-order valence-electron chi connectivity index (χ4n) is 2.92. The van der Waals surface area contributed by atoms with Crippen LogP contribution in [0.3, 0.4) is 0 Å². The number of rotatable bonds is 8. The molecule has 0 aliphatic carbocycles. The standard InChI is InChI=1S/C22H26N4OS/c1-4-8-20(27)23-17(3)21-24-25-22(28-15-18-9-6-5-7-10-18)26(21)19-13-11-16(2)12-14-19/h5-7,9-14,17H,4,8,15H2,1-3H3,(H,23,27)/t17-/m1/s1. The lowest BCUT2D eigenvalue weighted by molar-refractivity contribution is -0.121. The van der Waals surface area contributed by atoms with Crippen LogP contribution in [-0.2, 0) is 10.5 Å². The average molecular weight is 395 g/mol. The van der Waals surface area contributed by atoms with Gasteiger partial charge in [0.2, 0.25) is 5.91 Å². The molecule has 5 nitrogen and oxygen atoms in total. The van der Waals surface area contributed by atoms with Gasteiger partial charge in [0, 0.05) is 17.9 Å². The third-order valence-corrected chi connectivity index (χ3v) is 5.40. The Morgan fingerprint density at radius 2 is 1.82 bits per heavy atom. The van der Waals surface area contributed by atoms with Crippen LogP contribution in [0.25, 0.3) is 5.69 Å². The summed E-state index contributed by atoms with van der Waals surface area (Å²) >= 11 is 1.64. The van der Waals surface area contributed by atoms with E-state index in [4.69, 9.17) is 0 Å². The Morgan fingerprint density at radius 1 is 1.11 bits per heavy atom. The molecule has 0 aliphatic rings. The van der Waals surface area contributed by atoms with Crippen molar-refractivity contribution in [1.29, 1.82) is 0 Å². The lowest BCUT2D eigenvalue weighted by atomic mass is 10.2. The van der Waals surface area contributed by atoms with Gasteiger partial charge < -0.3 is 5.32 Å². The molecule has 1 amide bonds. The van der Waals surface area contributed by atoms with Gasteiger partial charge in [-0.3, -0.25) is 9.36 Å². The Labute approximate surface area is 170 Å². The summed E-state index contributed by atoms with van der Waals surface area (Å²) in [5, 5.41) is 12.7. The normalized spacial score (nSPS) is 12.0. The van der Waals surface area contributed by atoms with Gasteiger partial charge in [-0.25, -0.2) is 0 Å². The molecule has 2 aromatic carbocycles. The summed E-state index contributed by atoms with van der Waals surface area (Å²) in [5.41, 5.74) is 3.43. The first kappa shape index (κ1) is 20.1. The Bertz CT molecular complexity index is 906. The van der Waals surface area contributed by atoms with Gasteiger partial charge in [0.15, 0.2) is 11.0 Å². The third kappa shape index (κ3) is 5.01. The van der Waals surface area contributed by atoms with E-state index in [1.54, 1.807) is 11.8 Å². The van der Waals surface area contributed by atoms with Gasteiger partial charge in [-0.15, -0.1) is 10.2 Å². The van der Waals surface area contributed by atoms with Crippen LogP contribution in [-0.4, -0.2) is 20.7 Å². The maximum absolute atomic E-state index is 12.1. The van der Waals surface area contributed by atoms with Gasteiger partial charge in [-0.2, -0.15) is 0 Å². The highest BCUT2D eigenvalue weighted by molar-refractivity contribution is 7.98. The van der Waals surface area contributed by atoms with Crippen LogP contribution in [0.1, 0.15) is 49.7 Å². The number of aryl methyl sites for hydroxylation is 1. The molecule has 0 bridgehead atoms. The Kier molecular flexibility index (Phi) is 6.87. The summed E-state index contributed by atoms with van der Waals surface area (Å²) in [6, 6.07) is 18.4. The monoisotopic (exact) mass is 394 g/mol. The summed E-state index contributed by atoms with van der Waals surface area (Å²) in [5.74, 6) is 1.58. The maximum atomic E-state index is 12.1. The molecule has 3 rings (SSSR count). The van der Waals surface area contributed by atoms with Gasteiger partial charge >= 0.3 is 0 Å². The Balaban J connectivity index is 1.90. The predicted molar refractivity (Wildman–Crippen MR) is 114 cm³/mol. The first-order valence-corrected chi connectivity index (χ1v) is 10.6. The van der Waals surface area contributed by atoms with E-state index < -0.39 is 0 Å². The predicted octanol–water partition coefficient (Wildman–Crippen LogP) is 4.85. The molecule has 28 heavy (non-hydrogen) atoms. The quantitative estimate of drug-likeness (QED) is 0.555.